The summed E-state index contributed by atoms with van der Waals surface area (Å²) in [6.07, 6.45) is 0. The Labute approximate surface area is 137 Å². The highest BCUT2D eigenvalue weighted by atomic mass is 35.5. The first kappa shape index (κ1) is 13.9. The fraction of sp³-hybridized carbons (Fsp3) is 0.125. The van der Waals surface area contributed by atoms with Crippen molar-refractivity contribution in [1.82, 2.24) is 19.6 Å². The minimum Gasteiger partial charge on any atom is -0.497 e. The molecule has 0 aliphatic carbocycles. The third-order valence-electron chi connectivity index (χ3n) is 3.68. The van der Waals surface area contributed by atoms with Crippen LogP contribution in [0.1, 0.15) is 5.56 Å². The van der Waals surface area contributed by atoms with Gasteiger partial charge in [0.15, 0.2) is 0 Å². The predicted octanol–water partition coefficient (Wildman–Crippen LogP) is 3.48. The maximum absolute atomic E-state index is 6.15. The SMILES string of the molecule is COc1ccc2c(c1)nc1nc(NCc3ccccc3Cl)[nH]n12. The van der Waals surface area contributed by atoms with Gasteiger partial charge in [0.2, 0.25) is 5.95 Å². The van der Waals surface area contributed by atoms with E-state index >= 15 is 0 Å². The van der Waals surface area contributed by atoms with Crippen LogP contribution in [0, 0.1) is 0 Å². The lowest BCUT2D eigenvalue weighted by molar-refractivity contribution is 0.415. The van der Waals surface area contributed by atoms with Crippen LogP contribution in [0.5, 0.6) is 5.75 Å². The maximum atomic E-state index is 6.15. The molecule has 0 fully saturated rings. The summed E-state index contributed by atoms with van der Waals surface area (Å²) in [5.74, 6) is 2.02. The lowest BCUT2D eigenvalue weighted by Crippen LogP contribution is -2.02. The summed E-state index contributed by atoms with van der Waals surface area (Å²) in [6, 6.07) is 13.4. The summed E-state index contributed by atoms with van der Waals surface area (Å²) in [6.45, 7) is 0.585. The molecule has 0 atom stereocenters. The number of fused-ring (bicyclic) bond motifs is 3. The Hall–Kier alpha value is -2.73. The van der Waals surface area contributed by atoms with Gasteiger partial charge in [0.25, 0.3) is 5.78 Å². The molecule has 4 rings (SSSR count). The largest absolute Gasteiger partial charge is 0.497 e. The van der Waals surface area contributed by atoms with Gasteiger partial charge in [-0.25, -0.2) is 9.50 Å². The number of hydrogen-bond donors (Lipinski definition) is 2. The summed E-state index contributed by atoms with van der Waals surface area (Å²) in [7, 11) is 1.64. The van der Waals surface area contributed by atoms with Gasteiger partial charge < -0.3 is 10.1 Å². The standard InChI is InChI=1S/C16H14ClN5O/c1-23-11-6-7-14-13(8-11)19-16-20-15(21-22(14)16)18-9-10-4-2-3-5-12(10)17/h2-8H,9H2,1H3,(H2,18,19,20,21). The lowest BCUT2D eigenvalue weighted by atomic mass is 10.2. The van der Waals surface area contributed by atoms with Crippen molar-refractivity contribution in [2.75, 3.05) is 12.4 Å². The number of methoxy groups -OCH3 is 1. The molecule has 0 aliphatic rings. The van der Waals surface area contributed by atoms with Crippen molar-refractivity contribution < 1.29 is 4.74 Å². The summed E-state index contributed by atoms with van der Waals surface area (Å²) >= 11 is 6.15. The van der Waals surface area contributed by atoms with Gasteiger partial charge in [0.05, 0.1) is 18.1 Å². The number of halogens is 1. The second-order valence-corrected chi connectivity index (χ2v) is 5.53. The van der Waals surface area contributed by atoms with Crippen LogP contribution in [0.15, 0.2) is 42.5 Å². The highest BCUT2D eigenvalue weighted by molar-refractivity contribution is 6.31. The van der Waals surface area contributed by atoms with Crippen molar-refractivity contribution in [3.63, 3.8) is 0 Å². The quantitative estimate of drug-likeness (QED) is 0.602. The highest BCUT2D eigenvalue weighted by Crippen LogP contribution is 2.22. The van der Waals surface area contributed by atoms with Gasteiger partial charge in [-0.15, -0.1) is 0 Å². The lowest BCUT2D eigenvalue weighted by Gasteiger charge is -2.04. The van der Waals surface area contributed by atoms with E-state index in [1.165, 1.54) is 0 Å². The van der Waals surface area contributed by atoms with Gasteiger partial charge in [-0.1, -0.05) is 29.8 Å². The number of benzene rings is 2. The van der Waals surface area contributed by atoms with Crippen molar-refractivity contribution in [3.05, 3.63) is 53.1 Å². The molecule has 0 radical (unpaired) electrons. The molecule has 2 heterocycles. The number of aromatic nitrogens is 4. The number of nitrogens with one attached hydrogen (secondary N) is 2. The molecule has 6 nitrogen and oxygen atoms in total. The van der Waals surface area contributed by atoms with E-state index in [0.29, 0.717) is 18.3 Å². The van der Waals surface area contributed by atoms with Crippen molar-refractivity contribution >= 4 is 34.4 Å². The molecule has 2 N–H and O–H groups in total. The van der Waals surface area contributed by atoms with Crippen LogP contribution in [0.25, 0.3) is 16.8 Å². The number of nitrogens with zero attached hydrogens (tertiary/aromatic N) is 3. The van der Waals surface area contributed by atoms with Gasteiger partial charge in [-0.3, -0.25) is 5.10 Å². The number of hydrogen-bond acceptors (Lipinski definition) is 4. The smallest absolute Gasteiger partial charge is 0.253 e. The fourth-order valence-corrected chi connectivity index (χ4v) is 2.69. The molecule has 0 saturated carbocycles. The molecule has 4 aromatic rings. The van der Waals surface area contributed by atoms with Crippen molar-refractivity contribution in [2.24, 2.45) is 0 Å². The molecule has 116 valence electrons. The van der Waals surface area contributed by atoms with Gasteiger partial charge in [-0.2, -0.15) is 4.98 Å². The maximum Gasteiger partial charge on any atom is 0.253 e. The van der Waals surface area contributed by atoms with Crippen LogP contribution in [0.2, 0.25) is 5.02 Å². The molecule has 2 aromatic carbocycles. The third kappa shape index (κ3) is 2.47. The van der Waals surface area contributed by atoms with E-state index < -0.39 is 0 Å². The van der Waals surface area contributed by atoms with Crippen LogP contribution in [-0.2, 0) is 6.54 Å². The Balaban J connectivity index is 1.63. The van der Waals surface area contributed by atoms with Gasteiger partial charge in [0.1, 0.15) is 5.75 Å². The van der Waals surface area contributed by atoms with E-state index in [0.717, 1.165) is 27.4 Å². The average Bonchev–Trinajstić information content (AvgIpc) is 3.10. The van der Waals surface area contributed by atoms with Crippen LogP contribution in [0.4, 0.5) is 5.95 Å². The van der Waals surface area contributed by atoms with Crippen LogP contribution >= 0.6 is 11.6 Å². The second kappa shape index (κ2) is 5.48. The first-order chi connectivity index (χ1) is 11.2. The predicted molar refractivity (Wildman–Crippen MR) is 90.2 cm³/mol. The zero-order valence-corrected chi connectivity index (χ0v) is 13.1. The Morgan fingerprint density at radius 2 is 2.09 bits per heavy atom. The average molecular weight is 328 g/mol. The zero-order valence-electron chi connectivity index (χ0n) is 12.4. The first-order valence-electron chi connectivity index (χ1n) is 7.14. The molecule has 2 aromatic heterocycles. The first-order valence-corrected chi connectivity index (χ1v) is 7.52. The molecule has 0 amide bonds. The second-order valence-electron chi connectivity index (χ2n) is 5.12. The number of rotatable bonds is 4. The fourth-order valence-electron chi connectivity index (χ4n) is 2.49. The van der Waals surface area contributed by atoms with E-state index in [-0.39, 0.29) is 0 Å². The Kier molecular flexibility index (Phi) is 3.31. The molecule has 0 bridgehead atoms. The number of H-pyrrole nitrogens is 1. The highest BCUT2D eigenvalue weighted by Gasteiger charge is 2.10. The summed E-state index contributed by atoms with van der Waals surface area (Å²) in [5.41, 5.74) is 2.79. The van der Waals surface area contributed by atoms with Crippen molar-refractivity contribution in [1.29, 1.82) is 0 Å². The van der Waals surface area contributed by atoms with Crippen LogP contribution in [0.3, 0.4) is 0 Å². The molecular formula is C16H14ClN5O. The Morgan fingerprint density at radius 1 is 1.22 bits per heavy atom. The normalized spacial score (nSPS) is 11.2. The van der Waals surface area contributed by atoms with E-state index in [1.54, 1.807) is 7.11 Å². The topological polar surface area (TPSA) is 67.2 Å². The Bertz CT molecular complexity index is 991. The number of aromatic amines is 1. The molecule has 23 heavy (non-hydrogen) atoms. The molecular weight excluding hydrogens is 314 g/mol. The van der Waals surface area contributed by atoms with Crippen molar-refractivity contribution in [3.8, 4) is 5.75 Å². The minimum absolute atomic E-state index is 0.585. The number of ether oxygens (including phenoxy) is 1. The van der Waals surface area contributed by atoms with E-state index in [1.807, 2.05) is 47.0 Å². The molecule has 0 aliphatic heterocycles. The number of anilines is 1. The van der Waals surface area contributed by atoms with Crippen LogP contribution < -0.4 is 10.1 Å². The monoisotopic (exact) mass is 327 g/mol. The Morgan fingerprint density at radius 3 is 2.91 bits per heavy atom. The summed E-state index contributed by atoms with van der Waals surface area (Å²) < 4.78 is 7.05. The van der Waals surface area contributed by atoms with E-state index in [2.05, 4.69) is 20.4 Å². The molecule has 0 spiro atoms. The van der Waals surface area contributed by atoms with Crippen molar-refractivity contribution in [2.45, 2.75) is 6.54 Å². The summed E-state index contributed by atoms with van der Waals surface area (Å²) in [5, 5.41) is 7.15. The third-order valence-corrected chi connectivity index (χ3v) is 4.05. The summed E-state index contributed by atoms with van der Waals surface area (Å²) in [4.78, 5) is 8.94. The van der Waals surface area contributed by atoms with E-state index in [9.17, 15) is 0 Å². The number of imidazole rings is 1. The van der Waals surface area contributed by atoms with Crippen LogP contribution in [-0.4, -0.2) is 26.7 Å². The zero-order chi connectivity index (χ0) is 15.8. The molecule has 7 heteroatoms. The van der Waals surface area contributed by atoms with Gasteiger partial charge >= 0.3 is 0 Å². The van der Waals surface area contributed by atoms with Gasteiger partial charge in [0, 0.05) is 17.6 Å². The van der Waals surface area contributed by atoms with Gasteiger partial charge in [-0.05, 0) is 23.8 Å². The molecule has 0 unspecified atom stereocenters. The molecule has 0 saturated heterocycles. The van der Waals surface area contributed by atoms with E-state index in [4.69, 9.17) is 16.3 Å². The minimum atomic E-state index is 0.585.